The number of benzene rings is 1. The van der Waals surface area contributed by atoms with Crippen molar-refractivity contribution in [2.45, 2.75) is 45.5 Å². The Morgan fingerprint density at radius 1 is 1.26 bits per heavy atom. The third-order valence-electron chi connectivity index (χ3n) is 3.92. The lowest BCUT2D eigenvalue weighted by molar-refractivity contribution is 0.369. The first-order chi connectivity index (χ1) is 8.97. The number of nitrogens with zero attached hydrogens (tertiary/aromatic N) is 2. The van der Waals surface area contributed by atoms with E-state index in [0.29, 0.717) is 12.0 Å². The maximum Gasteiger partial charge on any atom is 0.128 e. The van der Waals surface area contributed by atoms with Crippen molar-refractivity contribution in [3.8, 4) is 0 Å². The fourth-order valence-electron chi connectivity index (χ4n) is 2.41. The van der Waals surface area contributed by atoms with Gasteiger partial charge in [-0.2, -0.15) is 0 Å². The monoisotopic (exact) mass is 298 g/mol. The van der Waals surface area contributed by atoms with Crippen LogP contribution in [0.3, 0.4) is 0 Å². The molecule has 2 rings (SSSR count). The van der Waals surface area contributed by atoms with Crippen LogP contribution in [0.1, 0.15) is 51.4 Å². The Hall–Kier alpha value is -0.730. The maximum atomic E-state index is 6.37. The molecule has 3 unspecified atom stereocenters. The van der Waals surface area contributed by atoms with Gasteiger partial charge in [-0.3, -0.25) is 0 Å². The van der Waals surface area contributed by atoms with Crippen LogP contribution < -0.4 is 0 Å². The highest BCUT2D eigenvalue weighted by Crippen LogP contribution is 2.34. The summed E-state index contributed by atoms with van der Waals surface area (Å²) in [5, 5.41) is 0.610. The number of para-hydroxylation sites is 1. The highest BCUT2D eigenvalue weighted by molar-refractivity contribution is 6.35. The summed E-state index contributed by atoms with van der Waals surface area (Å²) < 4.78 is 2.21. The third kappa shape index (κ3) is 2.61. The summed E-state index contributed by atoms with van der Waals surface area (Å²) in [6.07, 6.45) is 1.11. The predicted molar refractivity (Wildman–Crippen MR) is 83.2 cm³/mol. The molecule has 104 valence electrons. The minimum absolute atomic E-state index is 0.130. The second-order valence-electron chi connectivity index (χ2n) is 5.19. The first kappa shape index (κ1) is 14.7. The standard InChI is InChI=1S/C15H20Cl2N2/c1-5-9(2)11(4)19-14-12(17)7-6-8-13(14)18-15(19)10(3)16/h6-11H,5H2,1-4H3. The molecule has 1 aromatic heterocycles. The number of alkyl halides is 1. The van der Waals surface area contributed by atoms with Crippen LogP contribution in [0.2, 0.25) is 5.02 Å². The minimum Gasteiger partial charge on any atom is -0.322 e. The first-order valence-electron chi connectivity index (χ1n) is 6.77. The second kappa shape index (κ2) is 5.72. The average Bonchev–Trinajstić information content (AvgIpc) is 2.78. The van der Waals surface area contributed by atoms with Crippen LogP contribution in [0, 0.1) is 5.92 Å². The molecule has 19 heavy (non-hydrogen) atoms. The number of rotatable bonds is 4. The van der Waals surface area contributed by atoms with Gasteiger partial charge in [-0.1, -0.05) is 37.9 Å². The maximum absolute atomic E-state index is 6.37. The fraction of sp³-hybridized carbons (Fsp3) is 0.533. The average molecular weight is 299 g/mol. The molecular formula is C15H20Cl2N2. The molecule has 0 fully saturated rings. The van der Waals surface area contributed by atoms with Crippen LogP contribution in [-0.2, 0) is 0 Å². The Bertz CT molecular complexity index is 575. The van der Waals surface area contributed by atoms with E-state index in [4.69, 9.17) is 23.2 Å². The van der Waals surface area contributed by atoms with E-state index in [1.165, 1.54) is 0 Å². The molecule has 0 aliphatic heterocycles. The van der Waals surface area contributed by atoms with Gasteiger partial charge in [0.25, 0.3) is 0 Å². The van der Waals surface area contributed by atoms with Gasteiger partial charge in [0, 0.05) is 6.04 Å². The van der Waals surface area contributed by atoms with Crippen molar-refractivity contribution in [1.29, 1.82) is 0 Å². The van der Waals surface area contributed by atoms with E-state index in [0.717, 1.165) is 28.3 Å². The highest BCUT2D eigenvalue weighted by atomic mass is 35.5. The van der Waals surface area contributed by atoms with E-state index in [9.17, 15) is 0 Å². The molecule has 3 atom stereocenters. The molecule has 0 amide bonds. The van der Waals surface area contributed by atoms with Crippen molar-refractivity contribution < 1.29 is 0 Å². The summed E-state index contributed by atoms with van der Waals surface area (Å²) in [5.74, 6) is 1.44. The molecule has 2 nitrogen and oxygen atoms in total. The van der Waals surface area contributed by atoms with Crippen molar-refractivity contribution in [2.75, 3.05) is 0 Å². The SMILES string of the molecule is CCC(C)C(C)n1c(C(C)Cl)nc2cccc(Cl)c21. The van der Waals surface area contributed by atoms with Crippen LogP contribution in [0.15, 0.2) is 18.2 Å². The van der Waals surface area contributed by atoms with Crippen LogP contribution >= 0.6 is 23.2 Å². The molecule has 1 aromatic carbocycles. The smallest absolute Gasteiger partial charge is 0.128 e. The van der Waals surface area contributed by atoms with Crippen molar-refractivity contribution in [2.24, 2.45) is 5.92 Å². The van der Waals surface area contributed by atoms with Crippen LogP contribution in [0.5, 0.6) is 0 Å². The molecule has 4 heteroatoms. The first-order valence-corrected chi connectivity index (χ1v) is 7.59. The van der Waals surface area contributed by atoms with E-state index >= 15 is 0 Å². The van der Waals surface area contributed by atoms with E-state index in [-0.39, 0.29) is 5.38 Å². The topological polar surface area (TPSA) is 17.8 Å². The van der Waals surface area contributed by atoms with Gasteiger partial charge in [0.2, 0.25) is 0 Å². The van der Waals surface area contributed by atoms with Gasteiger partial charge in [-0.05, 0) is 31.9 Å². The lowest BCUT2D eigenvalue weighted by Crippen LogP contribution is -2.16. The summed E-state index contributed by atoms with van der Waals surface area (Å²) in [6.45, 7) is 8.61. The summed E-state index contributed by atoms with van der Waals surface area (Å²) in [6, 6.07) is 6.15. The Morgan fingerprint density at radius 2 is 1.95 bits per heavy atom. The molecule has 0 bridgehead atoms. The Balaban J connectivity index is 2.71. The van der Waals surface area contributed by atoms with Crippen molar-refractivity contribution in [3.05, 3.63) is 29.0 Å². The number of halogens is 2. The second-order valence-corrected chi connectivity index (χ2v) is 6.25. The zero-order valence-electron chi connectivity index (χ0n) is 11.8. The lowest BCUT2D eigenvalue weighted by Gasteiger charge is -2.24. The van der Waals surface area contributed by atoms with Crippen molar-refractivity contribution >= 4 is 34.2 Å². The molecule has 2 aromatic rings. The van der Waals surface area contributed by atoms with E-state index < -0.39 is 0 Å². The summed E-state index contributed by atoms with van der Waals surface area (Å²) in [5.41, 5.74) is 1.92. The van der Waals surface area contributed by atoms with E-state index in [1.807, 2.05) is 25.1 Å². The molecule has 0 aliphatic rings. The van der Waals surface area contributed by atoms with Gasteiger partial charge in [-0.15, -0.1) is 11.6 Å². The normalized spacial score (nSPS) is 16.5. The number of hydrogen-bond donors (Lipinski definition) is 0. The zero-order chi connectivity index (χ0) is 14.2. The van der Waals surface area contributed by atoms with Gasteiger partial charge in [0.1, 0.15) is 5.82 Å². The fourth-order valence-corrected chi connectivity index (χ4v) is 2.83. The molecule has 0 aliphatic carbocycles. The minimum atomic E-state index is -0.130. The zero-order valence-corrected chi connectivity index (χ0v) is 13.3. The summed E-state index contributed by atoms with van der Waals surface area (Å²) in [4.78, 5) is 4.66. The molecule has 0 N–H and O–H groups in total. The van der Waals surface area contributed by atoms with Crippen LogP contribution in [-0.4, -0.2) is 9.55 Å². The number of aromatic nitrogens is 2. The van der Waals surface area contributed by atoms with Gasteiger partial charge in [0.05, 0.1) is 21.4 Å². The van der Waals surface area contributed by atoms with Crippen molar-refractivity contribution in [3.63, 3.8) is 0 Å². The number of imidazole rings is 1. The van der Waals surface area contributed by atoms with Gasteiger partial charge in [-0.25, -0.2) is 4.98 Å². The van der Waals surface area contributed by atoms with Crippen molar-refractivity contribution in [1.82, 2.24) is 9.55 Å². The molecule has 0 saturated carbocycles. The lowest BCUT2D eigenvalue weighted by atomic mass is 10.0. The molecule has 0 spiro atoms. The molecular weight excluding hydrogens is 279 g/mol. The third-order valence-corrected chi connectivity index (χ3v) is 4.42. The summed E-state index contributed by atoms with van der Waals surface area (Å²) >= 11 is 12.7. The van der Waals surface area contributed by atoms with Crippen LogP contribution in [0.4, 0.5) is 0 Å². The van der Waals surface area contributed by atoms with Crippen LogP contribution in [0.25, 0.3) is 11.0 Å². The largest absolute Gasteiger partial charge is 0.322 e. The molecule has 0 saturated heterocycles. The van der Waals surface area contributed by atoms with E-state index in [2.05, 4.69) is 30.3 Å². The van der Waals surface area contributed by atoms with E-state index in [1.54, 1.807) is 0 Å². The Kier molecular flexibility index (Phi) is 4.42. The Labute approximate surface area is 124 Å². The molecule has 1 heterocycles. The molecule has 0 radical (unpaired) electrons. The number of fused-ring (bicyclic) bond motifs is 1. The summed E-state index contributed by atoms with van der Waals surface area (Å²) in [7, 11) is 0. The highest BCUT2D eigenvalue weighted by Gasteiger charge is 2.23. The van der Waals surface area contributed by atoms with Gasteiger partial charge < -0.3 is 4.57 Å². The number of hydrogen-bond acceptors (Lipinski definition) is 1. The van der Waals surface area contributed by atoms with Gasteiger partial charge >= 0.3 is 0 Å². The Morgan fingerprint density at radius 3 is 2.53 bits per heavy atom. The predicted octanol–water partition coefficient (Wildman–Crippen LogP) is 5.60. The van der Waals surface area contributed by atoms with Gasteiger partial charge in [0.15, 0.2) is 0 Å². The quantitative estimate of drug-likeness (QED) is 0.672.